The van der Waals surface area contributed by atoms with E-state index >= 15 is 0 Å². The topological polar surface area (TPSA) is 62.2 Å². The molecule has 0 spiro atoms. The van der Waals surface area contributed by atoms with Crippen molar-refractivity contribution in [3.63, 3.8) is 0 Å². The average molecular weight is 528 g/mol. The van der Waals surface area contributed by atoms with Crippen molar-refractivity contribution in [1.29, 1.82) is 0 Å². The zero-order valence-electron chi connectivity index (χ0n) is 21.6. The van der Waals surface area contributed by atoms with Crippen LogP contribution in [0.1, 0.15) is 46.7 Å². The number of hydrogen-bond donors (Lipinski definition) is 2. The fourth-order valence-electron chi connectivity index (χ4n) is 5.23. The number of aryl methyl sites for hydroxylation is 2. The van der Waals surface area contributed by atoms with Crippen LogP contribution in [0, 0.1) is 26.6 Å². The highest BCUT2D eigenvalue weighted by atomic mass is 32.1. The normalized spacial score (nSPS) is 16.9. The Labute approximate surface area is 227 Å². The number of hydrogen-bond acceptors (Lipinski definition) is 3. The summed E-state index contributed by atoms with van der Waals surface area (Å²) in [4.78, 5) is 19.6. The number of para-hydroxylation sites is 1. The highest BCUT2D eigenvalue weighted by molar-refractivity contribution is 7.80. The standard InChI is InChI=1S/C30H30FN5OS/c1-19-9-4-5-12-25(19)33-27(37)14-16-35-29(28(34-30(35)38)26-13-6-7-15-32-26)24-17-20(2)36(21(24)3)23-11-8-10-22(31)18-23/h4-13,15,17-18,28-29H,14,16H2,1-3H3,(H,33,37)(H,34,38). The van der Waals surface area contributed by atoms with Gasteiger partial charge in [0.05, 0.1) is 17.8 Å². The van der Waals surface area contributed by atoms with E-state index in [0.717, 1.165) is 39.6 Å². The van der Waals surface area contributed by atoms with Crippen molar-refractivity contribution < 1.29 is 9.18 Å². The van der Waals surface area contributed by atoms with Crippen LogP contribution in [0.4, 0.5) is 10.1 Å². The van der Waals surface area contributed by atoms with E-state index in [4.69, 9.17) is 12.2 Å². The maximum atomic E-state index is 14.1. The average Bonchev–Trinajstić information content (AvgIpc) is 3.39. The van der Waals surface area contributed by atoms with Crippen molar-refractivity contribution in [2.75, 3.05) is 11.9 Å². The molecule has 1 aliphatic rings. The molecular weight excluding hydrogens is 497 g/mol. The van der Waals surface area contributed by atoms with E-state index in [1.54, 1.807) is 12.3 Å². The molecule has 194 valence electrons. The number of amides is 1. The van der Waals surface area contributed by atoms with Crippen molar-refractivity contribution >= 4 is 28.9 Å². The number of nitrogens with one attached hydrogen (secondary N) is 2. The fourth-order valence-corrected chi connectivity index (χ4v) is 5.56. The van der Waals surface area contributed by atoms with Crippen molar-refractivity contribution in [3.8, 4) is 5.69 Å². The molecule has 3 heterocycles. The Hall–Kier alpha value is -4.04. The van der Waals surface area contributed by atoms with E-state index in [-0.39, 0.29) is 30.2 Å². The van der Waals surface area contributed by atoms with Gasteiger partial charge in [-0.2, -0.15) is 0 Å². The van der Waals surface area contributed by atoms with Crippen LogP contribution in [-0.2, 0) is 4.79 Å². The molecule has 2 unspecified atom stereocenters. The first-order valence-corrected chi connectivity index (χ1v) is 13.0. The molecule has 6 nitrogen and oxygen atoms in total. The van der Waals surface area contributed by atoms with Crippen molar-refractivity contribution in [2.45, 2.75) is 39.3 Å². The summed E-state index contributed by atoms with van der Waals surface area (Å²) in [7, 11) is 0. The maximum absolute atomic E-state index is 14.1. The minimum atomic E-state index is -0.284. The molecule has 8 heteroatoms. The summed E-state index contributed by atoms with van der Waals surface area (Å²) in [6, 6.07) is 21.9. The molecule has 0 saturated carbocycles. The SMILES string of the molecule is Cc1ccccc1NC(=O)CCN1C(=S)NC(c2ccccn2)C1c1cc(C)n(-c2cccc(F)c2)c1C. The van der Waals surface area contributed by atoms with Gasteiger partial charge < -0.3 is 20.1 Å². The Balaban J connectivity index is 1.48. The summed E-state index contributed by atoms with van der Waals surface area (Å²) >= 11 is 5.79. The lowest BCUT2D eigenvalue weighted by molar-refractivity contribution is -0.116. The molecule has 0 aliphatic carbocycles. The predicted octanol–water partition coefficient (Wildman–Crippen LogP) is 5.94. The van der Waals surface area contributed by atoms with Crippen molar-refractivity contribution in [3.05, 3.63) is 113 Å². The van der Waals surface area contributed by atoms with Crippen LogP contribution in [0.5, 0.6) is 0 Å². The highest BCUT2D eigenvalue weighted by Crippen LogP contribution is 2.41. The number of halogens is 1. The molecule has 38 heavy (non-hydrogen) atoms. The molecule has 1 saturated heterocycles. The number of rotatable bonds is 7. The zero-order chi connectivity index (χ0) is 26.8. The summed E-state index contributed by atoms with van der Waals surface area (Å²) in [6.45, 7) is 6.45. The van der Waals surface area contributed by atoms with Crippen LogP contribution >= 0.6 is 12.2 Å². The Morgan fingerprint density at radius 1 is 1.05 bits per heavy atom. The fraction of sp³-hybridized carbons (Fsp3) is 0.233. The molecule has 0 radical (unpaired) electrons. The number of pyridine rings is 1. The Bertz CT molecular complexity index is 1490. The zero-order valence-corrected chi connectivity index (χ0v) is 22.4. The predicted molar refractivity (Wildman–Crippen MR) is 152 cm³/mol. The van der Waals surface area contributed by atoms with E-state index in [1.165, 1.54) is 12.1 Å². The van der Waals surface area contributed by atoms with Crippen LogP contribution in [-0.4, -0.2) is 32.0 Å². The Kier molecular flexibility index (Phi) is 7.24. The molecule has 1 aliphatic heterocycles. The second-order valence-corrected chi connectivity index (χ2v) is 9.96. The molecular formula is C30H30FN5OS. The molecule has 1 amide bonds. The molecule has 1 fully saturated rings. The van der Waals surface area contributed by atoms with Crippen LogP contribution in [0.25, 0.3) is 5.69 Å². The monoisotopic (exact) mass is 527 g/mol. The van der Waals surface area contributed by atoms with Crippen LogP contribution in [0.3, 0.4) is 0 Å². The minimum absolute atomic E-state index is 0.0765. The van der Waals surface area contributed by atoms with Gasteiger partial charge >= 0.3 is 0 Å². The van der Waals surface area contributed by atoms with E-state index in [9.17, 15) is 9.18 Å². The molecule has 2 N–H and O–H groups in total. The lowest BCUT2D eigenvalue weighted by Crippen LogP contribution is -2.33. The Morgan fingerprint density at radius 2 is 1.84 bits per heavy atom. The third-order valence-electron chi connectivity index (χ3n) is 7.05. The summed E-state index contributed by atoms with van der Waals surface area (Å²) < 4.78 is 16.1. The quantitative estimate of drug-likeness (QED) is 0.292. The van der Waals surface area contributed by atoms with Gasteiger partial charge in [0.2, 0.25) is 5.91 Å². The van der Waals surface area contributed by atoms with E-state index in [0.29, 0.717) is 11.7 Å². The van der Waals surface area contributed by atoms with E-state index in [2.05, 4.69) is 31.2 Å². The van der Waals surface area contributed by atoms with Crippen LogP contribution in [0.15, 0.2) is 79.0 Å². The first-order chi connectivity index (χ1) is 18.3. The first kappa shape index (κ1) is 25.6. The van der Waals surface area contributed by atoms with Gasteiger partial charge in [-0.25, -0.2) is 4.39 Å². The number of nitrogens with zero attached hydrogens (tertiary/aromatic N) is 3. The number of aromatic nitrogens is 2. The third-order valence-corrected chi connectivity index (χ3v) is 7.40. The highest BCUT2D eigenvalue weighted by Gasteiger charge is 2.41. The van der Waals surface area contributed by atoms with Gasteiger partial charge in [0, 0.05) is 41.9 Å². The molecule has 4 aromatic rings. The summed E-state index contributed by atoms with van der Waals surface area (Å²) in [5.74, 6) is -0.361. The Morgan fingerprint density at radius 3 is 2.58 bits per heavy atom. The second-order valence-electron chi connectivity index (χ2n) is 9.57. The third kappa shape index (κ3) is 5.04. The first-order valence-electron chi connectivity index (χ1n) is 12.6. The van der Waals surface area contributed by atoms with Crippen LogP contribution < -0.4 is 10.6 Å². The number of thiocarbonyl (C=S) groups is 1. The second kappa shape index (κ2) is 10.8. The van der Waals surface area contributed by atoms with Crippen molar-refractivity contribution in [1.82, 2.24) is 19.8 Å². The lowest BCUT2D eigenvalue weighted by atomic mass is 9.96. The van der Waals surface area contributed by atoms with Gasteiger partial charge in [-0.05, 0) is 86.6 Å². The molecule has 5 rings (SSSR count). The van der Waals surface area contributed by atoms with Gasteiger partial charge in [0.25, 0.3) is 0 Å². The molecule has 0 bridgehead atoms. The van der Waals surface area contributed by atoms with Crippen molar-refractivity contribution in [2.24, 2.45) is 0 Å². The summed E-state index contributed by atoms with van der Waals surface area (Å²) in [5.41, 5.74) is 6.46. The maximum Gasteiger partial charge on any atom is 0.226 e. The van der Waals surface area contributed by atoms with Gasteiger partial charge in [-0.15, -0.1) is 0 Å². The number of benzene rings is 2. The van der Waals surface area contributed by atoms with Gasteiger partial charge in [-0.1, -0.05) is 30.3 Å². The smallest absolute Gasteiger partial charge is 0.226 e. The molecule has 2 aromatic heterocycles. The molecule has 2 aromatic carbocycles. The lowest BCUT2D eigenvalue weighted by Gasteiger charge is -2.28. The van der Waals surface area contributed by atoms with E-state index in [1.807, 2.05) is 69.3 Å². The number of carbonyl (C=O) groups is 1. The number of anilines is 1. The molecule has 2 atom stereocenters. The van der Waals surface area contributed by atoms with Gasteiger partial charge in [-0.3, -0.25) is 9.78 Å². The summed E-state index contributed by atoms with van der Waals surface area (Å²) in [5, 5.41) is 7.04. The largest absolute Gasteiger partial charge is 0.352 e. The van der Waals surface area contributed by atoms with Crippen LogP contribution in [0.2, 0.25) is 0 Å². The summed E-state index contributed by atoms with van der Waals surface area (Å²) in [6.07, 6.45) is 2.04. The van der Waals surface area contributed by atoms with Gasteiger partial charge in [0.1, 0.15) is 5.82 Å². The minimum Gasteiger partial charge on any atom is -0.352 e. The van der Waals surface area contributed by atoms with E-state index < -0.39 is 0 Å². The van der Waals surface area contributed by atoms with Gasteiger partial charge in [0.15, 0.2) is 5.11 Å². The number of carbonyl (C=O) groups excluding carboxylic acids is 1.